The van der Waals surface area contributed by atoms with Gasteiger partial charge in [0.1, 0.15) is 0 Å². The Morgan fingerprint density at radius 3 is 3.09 bits per heavy atom. The Morgan fingerprint density at radius 1 is 1.39 bits per heavy atom. The summed E-state index contributed by atoms with van der Waals surface area (Å²) in [6, 6.07) is 7.78. The first kappa shape index (κ1) is 13.6. The van der Waals surface area contributed by atoms with E-state index in [0.717, 1.165) is 11.3 Å². The molecule has 0 radical (unpaired) electrons. The Bertz CT molecular complexity index is 868. The molecule has 1 aliphatic heterocycles. The number of para-hydroxylation sites is 1. The zero-order valence-corrected chi connectivity index (χ0v) is 12.4. The number of aromatic nitrogens is 5. The topological polar surface area (TPSA) is 98.7 Å². The number of nitrogens with one attached hydrogen (secondary N) is 1. The third kappa shape index (κ3) is 2.59. The summed E-state index contributed by atoms with van der Waals surface area (Å²) in [5, 5.41) is 14.6. The van der Waals surface area contributed by atoms with E-state index in [2.05, 4.69) is 25.8 Å². The van der Waals surface area contributed by atoms with Crippen LogP contribution in [0.2, 0.25) is 0 Å². The zero-order valence-electron chi connectivity index (χ0n) is 12.4. The van der Waals surface area contributed by atoms with Crippen LogP contribution in [0.1, 0.15) is 23.8 Å². The van der Waals surface area contributed by atoms with Gasteiger partial charge in [-0.2, -0.15) is 4.98 Å². The van der Waals surface area contributed by atoms with Gasteiger partial charge in [-0.25, -0.2) is 0 Å². The Morgan fingerprint density at radius 2 is 2.26 bits per heavy atom. The molecule has 1 amide bonds. The quantitative estimate of drug-likeness (QED) is 0.787. The first-order valence-corrected chi connectivity index (χ1v) is 7.27. The predicted octanol–water partition coefficient (Wildman–Crippen LogP) is 1.53. The van der Waals surface area contributed by atoms with Crippen LogP contribution in [0.5, 0.6) is 0 Å². The van der Waals surface area contributed by atoms with Gasteiger partial charge in [-0.05, 0) is 11.6 Å². The number of amides is 1. The summed E-state index contributed by atoms with van der Waals surface area (Å²) in [6.07, 6.45) is 2.63. The van der Waals surface area contributed by atoms with E-state index in [0.29, 0.717) is 30.3 Å². The average Bonchev–Trinajstić information content (AvgIpc) is 3.16. The van der Waals surface area contributed by atoms with Gasteiger partial charge in [-0.3, -0.25) is 9.48 Å². The lowest BCUT2D eigenvalue weighted by Crippen LogP contribution is -2.23. The molecule has 3 heterocycles. The molecule has 1 atom stereocenters. The Balaban J connectivity index is 1.59. The van der Waals surface area contributed by atoms with Crippen LogP contribution < -0.4 is 5.32 Å². The molecule has 0 bridgehead atoms. The normalized spacial score (nSPS) is 16.9. The van der Waals surface area contributed by atoms with Gasteiger partial charge >= 0.3 is 0 Å². The number of carbonyl (C=O) groups is 1. The second-order valence-electron chi connectivity index (χ2n) is 5.53. The summed E-state index contributed by atoms with van der Waals surface area (Å²) in [4.78, 5) is 16.2. The van der Waals surface area contributed by atoms with Crippen LogP contribution in [0, 0.1) is 0 Å². The van der Waals surface area contributed by atoms with Crippen LogP contribution in [0.4, 0.5) is 5.69 Å². The number of hydrogen-bond donors (Lipinski definition) is 1. The smallest absolute Gasteiger partial charge is 0.227 e. The number of rotatable bonds is 3. The van der Waals surface area contributed by atoms with E-state index >= 15 is 0 Å². The molecule has 3 aromatic rings. The molecule has 0 spiro atoms. The third-order valence-corrected chi connectivity index (χ3v) is 3.83. The van der Waals surface area contributed by atoms with Gasteiger partial charge in [0.05, 0.1) is 6.20 Å². The number of carbonyl (C=O) groups excluding carboxylic acids is 1. The molecular weight excluding hydrogens is 296 g/mol. The summed E-state index contributed by atoms with van der Waals surface area (Å²) in [6.45, 7) is 0. The summed E-state index contributed by atoms with van der Waals surface area (Å²) in [5.74, 6) is 0.916. The van der Waals surface area contributed by atoms with E-state index in [4.69, 9.17) is 4.52 Å². The summed E-state index contributed by atoms with van der Waals surface area (Å²) in [7, 11) is 1.77. The predicted molar refractivity (Wildman–Crippen MR) is 80.4 cm³/mol. The van der Waals surface area contributed by atoms with Gasteiger partial charge in [0, 0.05) is 31.5 Å². The van der Waals surface area contributed by atoms with Crippen molar-refractivity contribution in [3.8, 4) is 11.5 Å². The molecule has 4 rings (SSSR count). The lowest BCUT2D eigenvalue weighted by Gasteiger charge is -2.24. The summed E-state index contributed by atoms with van der Waals surface area (Å²) in [5.41, 5.74) is 2.50. The van der Waals surface area contributed by atoms with E-state index in [1.807, 2.05) is 24.3 Å². The van der Waals surface area contributed by atoms with Crippen molar-refractivity contribution in [1.29, 1.82) is 0 Å². The Labute approximate surface area is 131 Å². The molecule has 1 unspecified atom stereocenters. The largest absolute Gasteiger partial charge is 0.339 e. The molecule has 8 heteroatoms. The highest BCUT2D eigenvalue weighted by atomic mass is 16.5. The van der Waals surface area contributed by atoms with Crippen molar-refractivity contribution in [3.05, 3.63) is 41.9 Å². The molecule has 1 aromatic carbocycles. The fraction of sp³-hybridized carbons (Fsp3) is 0.267. The molecule has 1 N–H and O–H groups in total. The standard InChI is InChI=1S/C15H14N6O2/c1-21-8-12(18-20-21)15-17-14(23-19-15)7-9-6-13(22)16-11-5-3-2-4-10(9)11/h2-5,8-9H,6-7H2,1H3,(H,16,22). The number of fused-ring (bicyclic) bond motifs is 1. The number of hydrogen-bond acceptors (Lipinski definition) is 6. The van der Waals surface area contributed by atoms with Crippen molar-refractivity contribution in [1.82, 2.24) is 25.1 Å². The van der Waals surface area contributed by atoms with Crippen LogP contribution in [0.15, 0.2) is 35.0 Å². The molecule has 23 heavy (non-hydrogen) atoms. The van der Waals surface area contributed by atoms with Crippen molar-refractivity contribution in [2.75, 3.05) is 5.32 Å². The minimum atomic E-state index is 0.00219. The van der Waals surface area contributed by atoms with E-state index < -0.39 is 0 Å². The number of aryl methyl sites for hydroxylation is 1. The van der Waals surface area contributed by atoms with Crippen molar-refractivity contribution in [3.63, 3.8) is 0 Å². The molecule has 2 aromatic heterocycles. The molecule has 0 saturated carbocycles. The first-order chi connectivity index (χ1) is 11.2. The van der Waals surface area contributed by atoms with Crippen molar-refractivity contribution in [2.45, 2.75) is 18.8 Å². The van der Waals surface area contributed by atoms with Crippen LogP contribution in [0.3, 0.4) is 0 Å². The van der Waals surface area contributed by atoms with Gasteiger partial charge in [0.15, 0.2) is 5.69 Å². The molecule has 0 saturated heterocycles. The van der Waals surface area contributed by atoms with E-state index in [1.54, 1.807) is 17.9 Å². The van der Waals surface area contributed by atoms with Crippen LogP contribution in [-0.2, 0) is 18.3 Å². The highest BCUT2D eigenvalue weighted by Gasteiger charge is 2.27. The second-order valence-corrected chi connectivity index (χ2v) is 5.53. The number of nitrogens with zero attached hydrogens (tertiary/aromatic N) is 5. The molecule has 0 aliphatic carbocycles. The van der Waals surface area contributed by atoms with Gasteiger partial charge in [0.25, 0.3) is 0 Å². The minimum Gasteiger partial charge on any atom is -0.339 e. The summed E-state index contributed by atoms with van der Waals surface area (Å²) >= 11 is 0. The average molecular weight is 310 g/mol. The molecule has 116 valence electrons. The van der Waals surface area contributed by atoms with Gasteiger partial charge < -0.3 is 9.84 Å². The molecular formula is C15H14N6O2. The number of benzene rings is 1. The summed E-state index contributed by atoms with van der Waals surface area (Å²) < 4.78 is 6.89. The maximum atomic E-state index is 11.9. The van der Waals surface area contributed by atoms with Gasteiger partial charge in [0.2, 0.25) is 17.6 Å². The highest BCUT2D eigenvalue weighted by molar-refractivity contribution is 5.94. The molecule has 8 nitrogen and oxygen atoms in total. The molecule has 1 aliphatic rings. The fourth-order valence-electron chi connectivity index (χ4n) is 2.79. The van der Waals surface area contributed by atoms with Crippen molar-refractivity contribution in [2.24, 2.45) is 7.05 Å². The monoisotopic (exact) mass is 310 g/mol. The highest BCUT2D eigenvalue weighted by Crippen LogP contribution is 2.34. The maximum Gasteiger partial charge on any atom is 0.227 e. The zero-order chi connectivity index (χ0) is 15.8. The first-order valence-electron chi connectivity index (χ1n) is 7.27. The SMILES string of the molecule is Cn1cc(-c2noc(CC3CC(=O)Nc4ccccc43)n2)nn1. The van der Waals surface area contributed by atoms with Gasteiger partial charge in [-0.1, -0.05) is 28.6 Å². The number of anilines is 1. The third-order valence-electron chi connectivity index (χ3n) is 3.83. The lowest BCUT2D eigenvalue weighted by atomic mass is 9.88. The van der Waals surface area contributed by atoms with Crippen LogP contribution in [0.25, 0.3) is 11.5 Å². The maximum absolute atomic E-state index is 11.9. The van der Waals surface area contributed by atoms with Crippen molar-refractivity contribution < 1.29 is 9.32 Å². The van der Waals surface area contributed by atoms with Crippen molar-refractivity contribution >= 4 is 11.6 Å². The van der Waals surface area contributed by atoms with E-state index in [9.17, 15) is 4.79 Å². The fourth-order valence-corrected chi connectivity index (χ4v) is 2.79. The van der Waals surface area contributed by atoms with Crippen LogP contribution >= 0.6 is 0 Å². The second kappa shape index (κ2) is 5.31. The van der Waals surface area contributed by atoms with E-state index in [-0.39, 0.29) is 11.8 Å². The lowest BCUT2D eigenvalue weighted by molar-refractivity contribution is -0.116. The molecule has 0 fully saturated rings. The minimum absolute atomic E-state index is 0.00219. The van der Waals surface area contributed by atoms with E-state index in [1.165, 1.54) is 0 Å². The Hall–Kier alpha value is -3.03. The Kier molecular flexibility index (Phi) is 3.14. The van der Waals surface area contributed by atoms with Crippen LogP contribution in [-0.4, -0.2) is 31.0 Å². The van der Waals surface area contributed by atoms with Gasteiger partial charge in [-0.15, -0.1) is 5.10 Å².